The van der Waals surface area contributed by atoms with Crippen LogP contribution in [-0.2, 0) is 14.3 Å². The van der Waals surface area contributed by atoms with Crippen LogP contribution in [0.5, 0.6) is 0 Å². The van der Waals surface area contributed by atoms with Crippen LogP contribution in [-0.4, -0.2) is 53.7 Å². The van der Waals surface area contributed by atoms with Crippen LogP contribution in [0, 0.1) is 11.3 Å². The summed E-state index contributed by atoms with van der Waals surface area (Å²) in [5.74, 6) is -0.860. The Hall–Kier alpha value is -3.35. The number of hydrogen-bond acceptors (Lipinski definition) is 4. The maximum atomic E-state index is 13.4. The summed E-state index contributed by atoms with van der Waals surface area (Å²) < 4.78 is 5.63. The minimum Gasteiger partial charge on any atom is -0.480 e. The van der Waals surface area contributed by atoms with Crippen molar-refractivity contribution in [3.8, 4) is 11.1 Å². The van der Waals surface area contributed by atoms with Gasteiger partial charge in [-0.2, -0.15) is 0 Å². The average Bonchev–Trinajstić information content (AvgIpc) is 3.15. The van der Waals surface area contributed by atoms with Gasteiger partial charge >= 0.3 is 12.1 Å². The van der Waals surface area contributed by atoms with Gasteiger partial charge in [0.25, 0.3) is 0 Å². The summed E-state index contributed by atoms with van der Waals surface area (Å²) in [6.07, 6.45) is 2.90. The lowest BCUT2D eigenvalue weighted by Gasteiger charge is -2.46. The average molecular weight is 477 g/mol. The van der Waals surface area contributed by atoms with Gasteiger partial charge in [0, 0.05) is 19.0 Å². The van der Waals surface area contributed by atoms with Crippen LogP contribution in [0.4, 0.5) is 4.79 Å². The molecular weight excluding hydrogens is 444 g/mol. The number of carbonyl (C=O) groups is 3. The summed E-state index contributed by atoms with van der Waals surface area (Å²) in [6, 6.07) is 15.5. The second-order valence-electron chi connectivity index (χ2n) is 10.3. The minimum absolute atomic E-state index is 0.0286. The molecule has 0 radical (unpaired) electrons. The van der Waals surface area contributed by atoms with E-state index < -0.39 is 23.5 Å². The number of rotatable bonds is 6. The molecule has 2 atom stereocenters. The molecule has 0 aromatic heterocycles. The normalized spacial score (nSPS) is 22.5. The number of benzene rings is 2. The fourth-order valence-electron chi connectivity index (χ4n) is 5.88. The first-order valence-electron chi connectivity index (χ1n) is 12.5. The van der Waals surface area contributed by atoms with E-state index in [0.29, 0.717) is 25.8 Å². The highest BCUT2D eigenvalue weighted by atomic mass is 16.5. The number of ether oxygens (including phenoxy) is 1. The van der Waals surface area contributed by atoms with Crippen molar-refractivity contribution in [2.75, 3.05) is 19.7 Å². The summed E-state index contributed by atoms with van der Waals surface area (Å²) in [5, 5.41) is 12.5. The molecule has 2 fully saturated rings. The Morgan fingerprint density at radius 1 is 1.06 bits per heavy atom. The number of piperidine rings is 1. The van der Waals surface area contributed by atoms with E-state index in [1.807, 2.05) is 31.2 Å². The van der Waals surface area contributed by atoms with Crippen LogP contribution >= 0.6 is 0 Å². The van der Waals surface area contributed by atoms with Crippen molar-refractivity contribution in [1.29, 1.82) is 0 Å². The SMILES string of the molecule is CC1CCN(C(=O)C2(CNC(=O)OCC3c4ccccc4-c4ccccc43)CCC2)C(C(=O)O)C1. The molecule has 0 spiro atoms. The van der Waals surface area contributed by atoms with Gasteiger partial charge in [0.15, 0.2) is 0 Å². The number of likely N-dealkylation sites (tertiary alicyclic amines) is 1. The number of amides is 2. The van der Waals surface area contributed by atoms with Crippen molar-refractivity contribution in [3.63, 3.8) is 0 Å². The van der Waals surface area contributed by atoms with E-state index in [4.69, 9.17) is 4.74 Å². The van der Waals surface area contributed by atoms with Crippen LogP contribution in [0.3, 0.4) is 0 Å². The number of hydrogen-bond donors (Lipinski definition) is 2. The number of aliphatic carboxylic acids is 1. The molecule has 2 aromatic rings. The minimum atomic E-state index is -0.955. The Morgan fingerprint density at radius 3 is 2.26 bits per heavy atom. The number of alkyl carbamates (subject to hydrolysis) is 1. The Bertz CT molecular complexity index is 1100. The molecule has 1 aliphatic heterocycles. The number of nitrogens with one attached hydrogen (secondary N) is 1. The number of carboxylic acids is 1. The molecular formula is C28H32N2O5. The van der Waals surface area contributed by atoms with Crippen molar-refractivity contribution in [1.82, 2.24) is 10.2 Å². The quantitative estimate of drug-likeness (QED) is 0.644. The molecule has 0 bridgehead atoms. The van der Waals surface area contributed by atoms with Crippen molar-refractivity contribution in [3.05, 3.63) is 59.7 Å². The van der Waals surface area contributed by atoms with E-state index in [1.165, 1.54) is 16.0 Å². The zero-order chi connectivity index (χ0) is 24.6. The maximum Gasteiger partial charge on any atom is 0.407 e. The molecule has 35 heavy (non-hydrogen) atoms. The van der Waals surface area contributed by atoms with Gasteiger partial charge in [-0.1, -0.05) is 61.9 Å². The monoisotopic (exact) mass is 476 g/mol. The highest BCUT2D eigenvalue weighted by Crippen LogP contribution is 2.45. The maximum absolute atomic E-state index is 13.4. The van der Waals surface area contributed by atoms with Gasteiger partial charge in [-0.15, -0.1) is 0 Å². The lowest BCUT2D eigenvalue weighted by atomic mass is 9.67. The first-order chi connectivity index (χ1) is 16.9. The van der Waals surface area contributed by atoms with Crippen molar-refractivity contribution in [2.45, 2.75) is 51.0 Å². The fraction of sp³-hybridized carbons (Fsp3) is 0.464. The van der Waals surface area contributed by atoms with Crippen molar-refractivity contribution >= 4 is 18.0 Å². The molecule has 1 heterocycles. The van der Waals surface area contributed by atoms with E-state index >= 15 is 0 Å². The van der Waals surface area contributed by atoms with Crippen LogP contribution in [0.15, 0.2) is 48.5 Å². The molecule has 2 N–H and O–H groups in total. The summed E-state index contributed by atoms with van der Waals surface area (Å²) in [5.41, 5.74) is 3.89. The van der Waals surface area contributed by atoms with Gasteiger partial charge < -0.3 is 20.1 Å². The van der Waals surface area contributed by atoms with Crippen molar-refractivity contribution in [2.24, 2.45) is 11.3 Å². The van der Waals surface area contributed by atoms with Crippen molar-refractivity contribution < 1.29 is 24.2 Å². The molecule has 1 saturated carbocycles. The number of nitrogens with zero attached hydrogens (tertiary/aromatic N) is 1. The smallest absolute Gasteiger partial charge is 0.407 e. The Labute approximate surface area is 205 Å². The molecule has 184 valence electrons. The molecule has 2 unspecified atom stereocenters. The Balaban J connectivity index is 1.22. The standard InChI is InChI=1S/C28H32N2O5/c1-18-11-14-30(24(15-18)25(31)32)26(33)28(12-6-13-28)17-29-27(34)35-16-23-21-9-4-2-7-19(21)20-8-3-5-10-22(20)23/h2-5,7-10,18,23-24H,6,11-17H2,1H3,(H,29,34)(H,31,32). The summed E-state index contributed by atoms with van der Waals surface area (Å²) in [7, 11) is 0. The fourth-order valence-corrected chi connectivity index (χ4v) is 5.88. The Kier molecular flexibility index (Phi) is 6.26. The summed E-state index contributed by atoms with van der Waals surface area (Å²) in [6.45, 7) is 2.85. The summed E-state index contributed by atoms with van der Waals surface area (Å²) >= 11 is 0. The molecule has 7 heteroatoms. The van der Waals surface area contributed by atoms with E-state index in [2.05, 4.69) is 29.6 Å². The van der Waals surface area contributed by atoms with Crippen LogP contribution in [0.2, 0.25) is 0 Å². The zero-order valence-corrected chi connectivity index (χ0v) is 20.0. The molecule has 2 aromatic carbocycles. The van der Waals surface area contributed by atoms with Gasteiger partial charge in [-0.3, -0.25) is 4.79 Å². The van der Waals surface area contributed by atoms with Crippen LogP contribution in [0.1, 0.15) is 56.1 Å². The largest absolute Gasteiger partial charge is 0.480 e. The van der Waals surface area contributed by atoms with E-state index in [0.717, 1.165) is 24.0 Å². The first kappa shape index (κ1) is 23.4. The van der Waals surface area contributed by atoms with E-state index in [1.54, 1.807) is 0 Å². The molecule has 2 aliphatic carbocycles. The number of carboxylic acid groups (broad SMARTS) is 1. The molecule has 1 saturated heterocycles. The Morgan fingerprint density at radius 2 is 1.69 bits per heavy atom. The highest BCUT2D eigenvalue weighted by molar-refractivity contribution is 5.89. The van der Waals surface area contributed by atoms with Crippen LogP contribution < -0.4 is 5.32 Å². The molecule has 7 nitrogen and oxygen atoms in total. The van der Waals surface area contributed by atoms with Crippen LogP contribution in [0.25, 0.3) is 11.1 Å². The van der Waals surface area contributed by atoms with E-state index in [-0.39, 0.29) is 30.9 Å². The number of carbonyl (C=O) groups excluding carboxylic acids is 2. The molecule has 2 amide bonds. The molecule has 5 rings (SSSR count). The highest BCUT2D eigenvalue weighted by Gasteiger charge is 2.49. The molecule has 3 aliphatic rings. The van der Waals surface area contributed by atoms with Gasteiger partial charge in [0.1, 0.15) is 12.6 Å². The second kappa shape index (κ2) is 9.36. The third-order valence-electron chi connectivity index (χ3n) is 8.09. The first-order valence-corrected chi connectivity index (χ1v) is 12.5. The lowest BCUT2D eigenvalue weighted by molar-refractivity contribution is -0.161. The van der Waals surface area contributed by atoms with Gasteiger partial charge in [0.05, 0.1) is 5.41 Å². The predicted octanol–water partition coefficient (Wildman–Crippen LogP) is 4.41. The predicted molar refractivity (Wildman–Crippen MR) is 131 cm³/mol. The third-order valence-corrected chi connectivity index (χ3v) is 8.09. The van der Waals surface area contributed by atoms with E-state index in [9.17, 15) is 19.5 Å². The lowest BCUT2D eigenvalue weighted by Crippen LogP contribution is -2.59. The number of fused-ring (bicyclic) bond motifs is 3. The van der Waals surface area contributed by atoms with Gasteiger partial charge in [-0.25, -0.2) is 9.59 Å². The third kappa shape index (κ3) is 4.28. The summed E-state index contributed by atoms with van der Waals surface area (Å²) in [4.78, 5) is 39.5. The zero-order valence-electron chi connectivity index (χ0n) is 20.0. The van der Waals surface area contributed by atoms with Gasteiger partial charge in [-0.05, 0) is 53.9 Å². The van der Waals surface area contributed by atoms with Gasteiger partial charge in [0.2, 0.25) is 5.91 Å². The second-order valence-corrected chi connectivity index (χ2v) is 10.3. The topological polar surface area (TPSA) is 95.9 Å².